The highest BCUT2D eigenvalue weighted by atomic mass is 32.3. The molecule has 1 fully saturated rings. The van der Waals surface area contributed by atoms with Crippen molar-refractivity contribution in [2.75, 3.05) is 28.8 Å². The third-order valence-electron chi connectivity index (χ3n) is 4.48. The summed E-state index contributed by atoms with van der Waals surface area (Å²) in [6.45, 7) is 4.06. The fourth-order valence-electron chi connectivity index (χ4n) is 2.91. The van der Waals surface area contributed by atoms with Crippen molar-refractivity contribution in [1.82, 2.24) is 0 Å². The lowest BCUT2D eigenvalue weighted by Gasteiger charge is -2.40. The number of Topliss-reactive ketones (excluding diaryl/α,β-unsaturated/α-hetero) is 1. The number of carbonyl (C=O) groups is 1. The van der Waals surface area contributed by atoms with Gasteiger partial charge in [-0.25, -0.2) is 3.63 Å². The molecule has 1 aromatic carbocycles. The van der Waals surface area contributed by atoms with Crippen LogP contribution in [0.4, 0.5) is 0 Å². The Morgan fingerprint density at radius 3 is 2.38 bits per heavy atom. The maximum absolute atomic E-state index is 12.8. The molecule has 148 valence electrons. The van der Waals surface area contributed by atoms with Crippen LogP contribution in [0.15, 0.2) is 29.2 Å². The molecule has 26 heavy (non-hydrogen) atoms. The van der Waals surface area contributed by atoms with Crippen molar-refractivity contribution < 1.29 is 16.8 Å². The Hall–Kier alpha value is -0.500. The zero-order chi connectivity index (χ0) is 19.0. The van der Waals surface area contributed by atoms with E-state index in [4.69, 9.17) is 3.63 Å². The standard InChI is InChI=1S/C19H30O4S3/c1-3-4-5-6-7-18(20)16-25(14-12-24-13-15-25)23-26(21,22)19-10-8-17(2)9-11-19/h8-11H,3-7,12-16H2,1-2H3. The van der Waals surface area contributed by atoms with Gasteiger partial charge in [0.15, 0.2) is 0 Å². The number of hydrogen-bond donors (Lipinski definition) is 0. The number of unbranched alkanes of at least 4 members (excludes halogenated alkanes) is 3. The van der Waals surface area contributed by atoms with Gasteiger partial charge in [0.1, 0.15) is 5.78 Å². The third-order valence-corrected chi connectivity index (χ3v) is 11.4. The zero-order valence-corrected chi connectivity index (χ0v) is 18.2. The van der Waals surface area contributed by atoms with Gasteiger partial charge in [-0.05, 0) is 25.5 Å². The molecule has 1 aliphatic heterocycles. The SMILES string of the molecule is CCCCCCC(=O)CS1(OS(=O)(=O)c2ccc(C)cc2)CCSCC1. The summed E-state index contributed by atoms with van der Waals surface area (Å²) in [5.41, 5.74) is 1.00. The maximum atomic E-state index is 12.8. The van der Waals surface area contributed by atoms with Gasteiger partial charge in [0, 0.05) is 29.4 Å². The van der Waals surface area contributed by atoms with Crippen LogP contribution < -0.4 is 0 Å². The lowest BCUT2D eigenvalue weighted by atomic mass is 10.1. The highest BCUT2D eigenvalue weighted by molar-refractivity contribution is 8.34. The molecule has 7 heteroatoms. The van der Waals surface area contributed by atoms with Gasteiger partial charge in [-0.15, -0.1) is 10.3 Å². The summed E-state index contributed by atoms with van der Waals surface area (Å²) in [7, 11) is -5.75. The Morgan fingerprint density at radius 1 is 1.12 bits per heavy atom. The predicted octanol–water partition coefficient (Wildman–Crippen LogP) is 4.71. The van der Waals surface area contributed by atoms with Crippen LogP contribution in [0, 0.1) is 6.92 Å². The normalized spacial score (nSPS) is 18.4. The van der Waals surface area contributed by atoms with E-state index in [1.807, 2.05) is 18.7 Å². The first-order valence-corrected chi connectivity index (χ1v) is 13.9. The van der Waals surface area contributed by atoms with Crippen LogP contribution in [-0.4, -0.2) is 43.0 Å². The van der Waals surface area contributed by atoms with Crippen LogP contribution in [0.5, 0.6) is 0 Å². The van der Waals surface area contributed by atoms with Gasteiger partial charge in [-0.3, -0.25) is 4.79 Å². The lowest BCUT2D eigenvalue weighted by molar-refractivity contribution is -0.116. The van der Waals surface area contributed by atoms with Crippen LogP contribution in [0.2, 0.25) is 0 Å². The molecule has 0 aromatic heterocycles. The minimum atomic E-state index is -3.83. The minimum absolute atomic E-state index is 0.155. The van der Waals surface area contributed by atoms with E-state index < -0.39 is 20.4 Å². The van der Waals surface area contributed by atoms with Crippen molar-refractivity contribution in [2.24, 2.45) is 0 Å². The Bertz CT molecular complexity index is 677. The van der Waals surface area contributed by atoms with Crippen molar-refractivity contribution >= 4 is 38.0 Å². The summed E-state index contributed by atoms with van der Waals surface area (Å²) in [6.07, 6.45) is 4.76. The van der Waals surface area contributed by atoms with Crippen molar-refractivity contribution in [3.05, 3.63) is 29.8 Å². The molecule has 0 unspecified atom stereocenters. The van der Waals surface area contributed by atoms with Gasteiger partial charge in [0.25, 0.3) is 0 Å². The average Bonchev–Trinajstić information content (AvgIpc) is 2.59. The molecule has 0 atom stereocenters. The number of aryl methyl sites for hydroxylation is 1. The molecule has 0 N–H and O–H groups in total. The molecule has 0 aliphatic carbocycles. The number of ketones is 1. The summed E-state index contributed by atoms with van der Waals surface area (Å²) < 4.78 is 31.4. The summed E-state index contributed by atoms with van der Waals surface area (Å²) in [4.78, 5) is 12.7. The van der Waals surface area contributed by atoms with E-state index in [1.54, 1.807) is 24.3 Å². The Balaban J connectivity index is 2.08. The van der Waals surface area contributed by atoms with Gasteiger partial charge in [-0.1, -0.05) is 43.9 Å². The molecule has 2 rings (SSSR count). The number of thioether (sulfide) groups is 1. The number of hydrogen-bond acceptors (Lipinski definition) is 5. The van der Waals surface area contributed by atoms with E-state index in [-0.39, 0.29) is 16.4 Å². The largest absolute Gasteiger partial charge is 0.306 e. The van der Waals surface area contributed by atoms with E-state index in [2.05, 4.69) is 6.92 Å². The molecule has 0 radical (unpaired) electrons. The molecule has 0 saturated carbocycles. The second-order valence-corrected chi connectivity index (χ2v) is 13.0. The molecule has 4 nitrogen and oxygen atoms in total. The van der Waals surface area contributed by atoms with Crippen LogP contribution in [-0.2, 0) is 18.5 Å². The second-order valence-electron chi connectivity index (χ2n) is 6.82. The van der Waals surface area contributed by atoms with Crippen LogP contribution >= 0.6 is 22.1 Å². The molecular formula is C19H30O4S3. The molecule has 0 amide bonds. The lowest BCUT2D eigenvalue weighted by Crippen LogP contribution is -2.29. The third kappa shape index (κ3) is 6.59. The second kappa shape index (κ2) is 10.2. The van der Waals surface area contributed by atoms with Crippen LogP contribution in [0.1, 0.15) is 44.6 Å². The first-order chi connectivity index (χ1) is 12.4. The van der Waals surface area contributed by atoms with Gasteiger partial charge in [0.2, 0.25) is 0 Å². The fourth-order valence-corrected chi connectivity index (χ4v) is 10.8. The van der Waals surface area contributed by atoms with E-state index >= 15 is 0 Å². The summed E-state index contributed by atoms with van der Waals surface area (Å²) in [5, 5.41) is 0. The minimum Gasteiger partial charge on any atom is -0.299 e. The highest BCUT2D eigenvalue weighted by Gasteiger charge is 2.35. The quantitative estimate of drug-likeness (QED) is 0.515. The number of carbonyl (C=O) groups excluding carboxylic acids is 1. The number of benzene rings is 1. The topological polar surface area (TPSA) is 60.4 Å². The Kier molecular flexibility index (Phi) is 8.51. The summed E-state index contributed by atoms with van der Waals surface area (Å²) in [6, 6.07) is 6.71. The van der Waals surface area contributed by atoms with Crippen molar-refractivity contribution in [3.63, 3.8) is 0 Å². The average molecular weight is 419 g/mol. The molecule has 0 bridgehead atoms. The van der Waals surface area contributed by atoms with Crippen molar-refractivity contribution in [1.29, 1.82) is 0 Å². The van der Waals surface area contributed by atoms with E-state index in [0.717, 1.165) is 42.8 Å². The zero-order valence-electron chi connectivity index (χ0n) is 15.7. The Morgan fingerprint density at radius 2 is 1.77 bits per heavy atom. The predicted molar refractivity (Wildman–Crippen MR) is 113 cm³/mol. The monoisotopic (exact) mass is 418 g/mol. The van der Waals surface area contributed by atoms with Crippen molar-refractivity contribution in [2.45, 2.75) is 50.8 Å². The van der Waals surface area contributed by atoms with Gasteiger partial charge in [-0.2, -0.15) is 20.2 Å². The van der Waals surface area contributed by atoms with E-state index in [9.17, 15) is 13.2 Å². The van der Waals surface area contributed by atoms with E-state index in [0.29, 0.717) is 17.9 Å². The first kappa shape index (κ1) is 21.8. The van der Waals surface area contributed by atoms with Gasteiger partial charge < -0.3 is 0 Å². The smallest absolute Gasteiger partial charge is 0.299 e. The van der Waals surface area contributed by atoms with Crippen molar-refractivity contribution in [3.8, 4) is 0 Å². The van der Waals surface area contributed by atoms with Crippen LogP contribution in [0.3, 0.4) is 0 Å². The molecule has 1 saturated heterocycles. The highest BCUT2D eigenvalue weighted by Crippen LogP contribution is 2.54. The molecular weight excluding hydrogens is 388 g/mol. The molecule has 1 aromatic rings. The van der Waals surface area contributed by atoms with Gasteiger partial charge in [0.05, 0.1) is 10.6 Å². The van der Waals surface area contributed by atoms with Gasteiger partial charge >= 0.3 is 10.1 Å². The molecule has 0 spiro atoms. The molecule has 1 aliphatic rings. The summed E-state index contributed by atoms with van der Waals surface area (Å²) >= 11 is 1.81. The molecule has 1 heterocycles. The van der Waals surface area contributed by atoms with E-state index in [1.165, 1.54) is 0 Å². The maximum Gasteiger partial charge on any atom is 0.306 e. The first-order valence-electron chi connectivity index (χ1n) is 9.25. The summed E-state index contributed by atoms with van der Waals surface area (Å²) in [5.74, 6) is 3.53. The van der Waals surface area contributed by atoms with Crippen LogP contribution in [0.25, 0.3) is 0 Å². The fraction of sp³-hybridized carbons (Fsp3) is 0.632. The number of rotatable bonds is 10. The Labute approximate surface area is 164 Å².